The smallest absolute Gasteiger partial charge is 0.269 e. The van der Waals surface area contributed by atoms with Crippen LogP contribution in [0.1, 0.15) is 38.2 Å². The zero-order chi connectivity index (χ0) is 14.3. The summed E-state index contributed by atoms with van der Waals surface area (Å²) in [4.78, 5) is 16.1. The Morgan fingerprint density at radius 3 is 2.53 bits per heavy atom. The van der Waals surface area contributed by atoms with Crippen LogP contribution in [-0.2, 0) is 0 Å². The predicted molar refractivity (Wildman–Crippen MR) is 75.4 cm³/mol. The zero-order valence-electron chi connectivity index (χ0n) is 11.9. The van der Waals surface area contributed by atoms with Gasteiger partial charge in [-0.25, -0.2) is 0 Å². The first-order valence-corrected chi connectivity index (χ1v) is 6.51. The van der Waals surface area contributed by atoms with E-state index in [0.29, 0.717) is 23.8 Å². The molecule has 0 atom stereocenters. The van der Waals surface area contributed by atoms with Crippen LogP contribution in [0.15, 0.2) is 18.3 Å². The normalized spacial score (nSPS) is 19.8. The Balaban J connectivity index is 1.96. The second-order valence-corrected chi connectivity index (χ2v) is 6.28. The molecule has 19 heavy (non-hydrogen) atoms. The predicted octanol–water partition coefficient (Wildman–Crippen LogP) is 1.78. The molecule has 0 bridgehead atoms. The summed E-state index contributed by atoms with van der Waals surface area (Å²) >= 11 is 0. The molecule has 0 unspecified atom stereocenters. The van der Waals surface area contributed by atoms with E-state index in [2.05, 4.69) is 43.4 Å². The average Bonchev–Trinajstić information content (AvgIpc) is 2.77. The minimum absolute atomic E-state index is 0.157. The van der Waals surface area contributed by atoms with Crippen LogP contribution in [0.3, 0.4) is 0 Å². The number of anilines is 1. The standard InChI is InChI=1S/C14H22N4O/c1-13(2)11(14(13,3)4)8-17-12(19)10-7-9(18-15)5-6-16-10/h5-7,11H,8,15H2,1-4H3,(H,16,18)(H,17,19). The lowest BCUT2D eigenvalue weighted by Crippen LogP contribution is -2.28. The molecule has 5 nitrogen and oxygen atoms in total. The van der Waals surface area contributed by atoms with Crippen molar-refractivity contribution >= 4 is 11.6 Å². The van der Waals surface area contributed by atoms with E-state index >= 15 is 0 Å². The molecule has 1 aliphatic carbocycles. The SMILES string of the molecule is CC1(C)C(CNC(=O)c2cc(NN)ccn2)C1(C)C. The Labute approximate surface area is 114 Å². The molecule has 0 saturated heterocycles. The summed E-state index contributed by atoms with van der Waals surface area (Å²) in [6.07, 6.45) is 1.56. The van der Waals surface area contributed by atoms with E-state index in [1.54, 1.807) is 18.3 Å². The molecule has 0 aliphatic heterocycles. The van der Waals surface area contributed by atoms with Crippen molar-refractivity contribution in [2.75, 3.05) is 12.0 Å². The molecule has 0 aromatic carbocycles. The highest BCUT2D eigenvalue weighted by atomic mass is 16.1. The van der Waals surface area contributed by atoms with Crippen molar-refractivity contribution in [3.8, 4) is 0 Å². The second-order valence-electron chi connectivity index (χ2n) is 6.28. The summed E-state index contributed by atoms with van der Waals surface area (Å²) in [6.45, 7) is 9.63. The first-order valence-electron chi connectivity index (χ1n) is 6.51. The van der Waals surface area contributed by atoms with Gasteiger partial charge in [0.2, 0.25) is 0 Å². The highest BCUT2D eigenvalue weighted by molar-refractivity contribution is 5.93. The monoisotopic (exact) mass is 262 g/mol. The fourth-order valence-electron chi connectivity index (χ4n) is 2.77. The fourth-order valence-corrected chi connectivity index (χ4v) is 2.77. The lowest BCUT2D eigenvalue weighted by molar-refractivity contribution is 0.0945. The molecule has 1 fully saturated rings. The molecule has 5 heteroatoms. The molecule has 4 N–H and O–H groups in total. The Kier molecular flexibility index (Phi) is 3.26. The quantitative estimate of drug-likeness (QED) is 0.571. The molecule has 1 aromatic rings. The fraction of sp³-hybridized carbons (Fsp3) is 0.571. The maximum absolute atomic E-state index is 12.0. The number of nitrogens with zero attached hydrogens (tertiary/aromatic N) is 1. The Bertz CT molecular complexity index is 482. The minimum atomic E-state index is -0.157. The molecule has 2 rings (SSSR count). The van der Waals surface area contributed by atoms with Gasteiger partial charge in [-0.15, -0.1) is 0 Å². The highest BCUT2D eigenvalue weighted by Gasteiger charge is 2.64. The van der Waals surface area contributed by atoms with E-state index in [4.69, 9.17) is 5.84 Å². The zero-order valence-corrected chi connectivity index (χ0v) is 11.9. The van der Waals surface area contributed by atoms with E-state index in [1.165, 1.54) is 0 Å². The number of rotatable bonds is 4. The molecule has 1 aliphatic rings. The van der Waals surface area contributed by atoms with Gasteiger partial charge in [0.25, 0.3) is 5.91 Å². The first kappa shape index (κ1) is 13.8. The van der Waals surface area contributed by atoms with Gasteiger partial charge in [0, 0.05) is 12.7 Å². The Morgan fingerprint density at radius 2 is 2.00 bits per heavy atom. The van der Waals surface area contributed by atoms with Gasteiger partial charge in [0.15, 0.2) is 0 Å². The summed E-state index contributed by atoms with van der Waals surface area (Å²) in [7, 11) is 0. The van der Waals surface area contributed by atoms with Gasteiger partial charge in [-0.05, 0) is 28.9 Å². The van der Waals surface area contributed by atoms with Gasteiger partial charge in [-0.2, -0.15) is 0 Å². The molecule has 1 amide bonds. The summed E-state index contributed by atoms with van der Waals surface area (Å²) in [5.74, 6) is 5.66. The highest BCUT2D eigenvalue weighted by Crippen LogP contribution is 2.67. The number of nitrogens with two attached hydrogens (primary N) is 1. The molecule has 0 radical (unpaired) electrons. The number of carbonyl (C=O) groups is 1. The molecule has 1 saturated carbocycles. The van der Waals surface area contributed by atoms with Crippen molar-refractivity contribution in [3.63, 3.8) is 0 Å². The van der Waals surface area contributed by atoms with Crippen LogP contribution in [0.25, 0.3) is 0 Å². The average molecular weight is 262 g/mol. The maximum atomic E-state index is 12.0. The van der Waals surface area contributed by atoms with Gasteiger partial charge in [0.1, 0.15) is 5.69 Å². The number of hydrazine groups is 1. The molecule has 1 aromatic heterocycles. The lowest BCUT2D eigenvalue weighted by atomic mass is 10.0. The van der Waals surface area contributed by atoms with Crippen molar-refractivity contribution in [1.82, 2.24) is 10.3 Å². The number of carbonyl (C=O) groups excluding carboxylic acids is 1. The molecule has 1 heterocycles. The van der Waals surface area contributed by atoms with Crippen LogP contribution in [-0.4, -0.2) is 17.4 Å². The van der Waals surface area contributed by atoms with E-state index < -0.39 is 0 Å². The van der Waals surface area contributed by atoms with Crippen molar-refractivity contribution < 1.29 is 4.79 Å². The van der Waals surface area contributed by atoms with Crippen LogP contribution in [0, 0.1) is 16.7 Å². The van der Waals surface area contributed by atoms with E-state index in [0.717, 1.165) is 0 Å². The number of hydrogen-bond donors (Lipinski definition) is 3. The van der Waals surface area contributed by atoms with E-state index in [-0.39, 0.29) is 16.7 Å². The largest absolute Gasteiger partial charge is 0.350 e. The molecule has 104 valence electrons. The number of hydrogen-bond acceptors (Lipinski definition) is 4. The molecular formula is C14H22N4O. The van der Waals surface area contributed by atoms with Crippen LogP contribution in [0.5, 0.6) is 0 Å². The summed E-state index contributed by atoms with van der Waals surface area (Å²) in [6, 6.07) is 3.35. The second kappa shape index (κ2) is 4.49. The number of pyridine rings is 1. The minimum Gasteiger partial charge on any atom is -0.350 e. The van der Waals surface area contributed by atoms with Crippen molar-refractivity contribution in [2.45, 2.75) is 27.7 Å². The third-order valence-electron chi connectivity index (χ3n) is 4.95. The van der Waals surface area contributed by atoms with Crippen LogP contribution < -0.4 is 16.6 Å². The number of nitrogen functional groups attached to an aromatic ring is 1. The van der Waals surface area contributed by atoms with E-state index in [1.807, 2.05) is 0 Å². The van der Waals surface area contributed by atoms with E-state index in [9.17, 15) is 4.79 Å². The first-order chi connectivity index (χ1) is 8.80. The molecule has 0 spiro atoms. The summed E-state index contributed by atoms with van der Waals surface area (Å²) in [5, 5.41) is 2.95. The Hall–Kier alpha value is -1.62. The lowest BCUT2D eigenvalue weighted by Gasteiger charge is -2.07. The van der Waals surface area contributed by atoms with Crippen LogP contribution in [0.4, 0.5) is 5.69 Å². The number of aromatic nitrogens is 1. The van der Waals surface area contributed by atoms with Gasteiger partial charge in [-0.1, -0.05) is 27.7 Å². The third kappa shape index (κ3) is 2.30. The number of nitrogens with one attached hydrogen (secondary N) is 2. The molecular weight excluding hydrogens is 240 g/mol. The Morgan fingerprint density at radius 1 is 1.37 bits per heavy atom. The number of amides is 1. The maximum Gasteiger partial charge on any atom is 0.269 e. The van der Waals surface area contributed by atoms with Gasteiger partial charge < -0.3 is 10.7 Å². The van der Waals surface area contributed by atoms with Gasteiger partial charge >= 0.3 is 0 Å². The topological polar surface area (TPSA) is 80.0 Å². The van der Waals surface area contributed by atoms with Gasteiger partial charge in [-0.3, -0.25) is 15.6 Å². The van der Waals surface area contributed by atoms with Crippen LogP contribution in [0.2, 0.25) is 0 Å². The van der Waals surface area contributed by atoms with Gasteiger partial charge in [0.05, 0.1) is 5.69 Å². The summed E-state index contributed by atoms with van der Waals surface area (Å²) < 4.78 is 0. The third-order valence-corrected chi connectivity index (χ3v) is 4.95. The van der Waals surface area contributed by atoms with Crippen LogP contribution >= 0.6 is 0 Å². The van der Waals surface area contributed by atoms with Crippen molar-refractivity contribution in [3.05, 3.63) is 24.0 Å². The summed E-state index contributed by atoms with van der Waals surface area (Å²) in [5.41, 5.74) is 4.10. The van der Waals surface area contributed by atoms with Crippen molar-refractivity contribution in [2.24, 2.45) is 22.6 Å². The van der Waals surface area contributed by atoms with Crippen molar-refractivity contribution in [1.29, 1.82) is 0 Å².